The van der Waals surface area contributed by atoms with Crippen LogP contribution in [-0.4, -0.2) is 11.0 Å². The third kappa shape index (κ3) is 5.38. The molecular formula is C21H26FNO2. The minimum atomic E-state index is -0.425. The lowest BCUT2D eigenvalue weighted by atomic mass is 10.1. The van der Waals surface area contributed by atoms with Gasteiger partial charge in [0.2, 0.25) is 0 Å². The summed E-state index contributed by atoms with van der Waals surface area (Å²) in [6, 6.07) is 4.33. The van der Waals surface area contributed by atoms with Gasteiger partial charge in [0.25, 0.3) is 0 Å². The van der Waals surface area contributed by atoms with Gasteiger partial charge in [-0.25, -0.2) is 9.37 Å². The molecule has 0 unspecified atom stereocenters. The average Bonchev–Trinajstić information content (AvgIpc) is 2.57. The van der Waals surface area contributed by atoms with Crippen molar-refractivity contribution in [1.29, 1.82) is 0 Å². The number of allylic oxidation sites excluding steroid dienone is 1. The number of halogens is 1. The zero-order valence-corrected chi connectivity index (χ0v) is 15.3. The molecule has 0 saturated carbocycles. The van der Waals surface area contributed by atoms with Crippen molar-refractivity contribution in [3.8, 4) is 5.75 Å². The molecule has 0 spiro atoms. The second kappa shape index (κ2) is 9.30. The maximum Gasteiger partial charge on any atom is 0.308 e. The maximum atomic E-state index is 13.6. The summed E-state index contributed by atoms with van der Waals surface area (Å²) in [4.78, 5) is 16.0. The highest BCUT2D eigenvalue weighted by Gasteiger charge is 2.14. The number of esters is 1. The SMILES string of the molecule is CCCCCCC/C=C/c1nc2ccc(F)cc2c(OC(C)=O)c1C. The van der Waals surface area contributed by atoms with Crippen LogP contribution >= 0.6 is 0 Å². The van der Waals surface area contributed by atoms with Gasteiger partial charge in [0.15, 0.2) is 0 Å². The van der Waals surface area contributed by atoms with Crippen LogP contribution in [0.2, 0.25) is 0 Å². The van der Waals surface area contributed by atoms with Gasteiger partial charge >= 0.3 is 5.97 Å². The third-order valence-corrected chi connectivity index (χ3v) is 4.16. The number of carbonyl (C=O) groups is 1. The highest BCUT2D eigenvalue weighted by atomic mass is 19.1. The normalized spacial score (nSPS) is 11.4. The smallest absolute Gasteiger partial charge is 0.308 e. The summed E-state index contributed by atoms with van der Waals surface area (Å²) in [6.07, 6.45) is 11.3. The molecule has 2 rings (SSSR count). The number of pyridine rings is 1. The molecule has 0 radical (unpaired) electrons. The predicted molar refractivity (Wildman–Crippen MR) is 100 cm³/mol. The first-order valence-electron chi connectivity index (χ1n) is 8.97. The minimum Gasteiger partial charge on any atom is -0.426 e. The number of rotatable bonds is 8. The zero-order chi connectivity index (χ0) is 18.2. The number of benzene rings is 1. The van der Waals surface area contributed by atoms with E-state index >= 15 is 0 Å². The molecule has 0 aliphatic carbocycles. The van der Waals surface area contributed by atoms with E-state index in [2.05, 4.69) is 18.0 Å². The number of carbonyl (C=O) groups excluding carboxylic acids is 1. The fourth-order valence-electron chi connectivity index (χ4n) is 2.82. The Labute approximate surface area is 148 Å². The molecule has 25 heavy (non-hydrogen) atoms. The van der Waals surface area contributed by atoms with Crippen LogP contribution in [0.5, 0.6) is 5.75 Å². The monoisotopic (exact) mass is 343 g/mol. The van der Waals surface area contributed by atoms with E-state index in [1.165, 1.54) is 44.7 Å². The van der Waals surface area contributed by atoms with Crippen LogP contribution in [0.1, 0.15) is 63.6 Å². The molecule has 0 atom stereocenters. The van der Waals surface area contributed by atoms with Crippen LogP contribution in [0.3, 0.4) is 0 Å². The van der Waals surface area contributed by atoms with Gasteiger partial charge in [-0.05, 0) is 44.0 Å². The number of aromatic nitrogens is 1. The lowest BCUT2D eigenvalue weighted by molar-refractivity contribution is -0.131. The molecule has 0 bridgehead atoms. The van der Waals surface area contributed by atoms with Crippen molar-refractivity contribution in [3.05, 3.63) is 41.3 Å². The molecule has 0 saturated heterocycles. The molecule has 0 amide bonds. The van der Waals surface area contributed by atoms with E-state index in [0.717, 1.165) is 24.1 Å². The Morgan fingerprint density at radius 2 is 2.00 bits per heavy atom. The molecule has 2 aromatic rings. The first-order valence-corrected chi connectivity index (χ1v) is 8.97. The van der Waals surface area contributed by atoms with Crippen molar-refractivity contribution in [2.75, 3.05) is 0 Å². The predicted octanol–water partition coefficient (Wildman–Crippen LogP) is 5.98. The summed E-state index contributed by atoms with van der Waals surface area (Å²) in [5, 5.41) is 0.518. The van der Waals surface area contributed by atoms with Gasteiger partial charge in [0, 0.05) is 17.9 Å². The van der Waals surface area contributed by atoms with Crippen molar-refractivity contribution < 1.29 is 13.9 Å². The van der Waals surface area contributed by atoms with Crippen LogP contribution in [0.4, 0.5) is 4.39 Å². The van der Waals surface area contributed by atoms with Crippen molar-refractivity contribution in [3.63, 3.8) is 0 Å². The van der Waals surface area contributed by atoms with Crippen molar-refractivity contribution in [2.45, 2.75) is 59.3 Å². The van der Waals surface area contributed by atoms with Crippen molar-refractivity contribution in [2.24, 2.45) is 0 Å². The molecule has 1 aromatic carbocycles. The number of unbranched alkanes of at least 4 members (excludes halogenated alkanes) is 5. The largest absolute Gasteiger partial charge is 0.426 e. The van der Waals surface area contributed by atoms with Crippen LogP contribution in [0, 0.1) is 12.7 Å². The number of fused-ring (bicyclic) bond motifs is 1. The summed E-state index contributed by atoms with van der Waals surface area (Å²) < 4.78 is 18.9. The summed E-state index contributed by atoms with van der Waals surface area (Å²) in [5.41, 5.74) is 2.12. The van der Waals surface area contributed by atoms with Gasteiger partial charge < -0.3 is 4.74 Å². The average molecular weight is 343 g/mol. The number of nitrogens with zero attached hydrogens (tertiary/aromatic N) is 1. The molecule has 0 aliphatic heterocycles. The van der Waals surface area contributed by atoms with E-state index < -0.39 is 5.97 Å². The van der Waals surface area contributed by atoms with E-state index in [1.807, 2.05) is 13.0 Å². The molecule has 0 fully saturated rings. The van der Waals surface area contributed by atoms with E-state index in [4.69, 9.17) is 4.74 Å². The van der Waals surface area contributed by atoms with Crippen LogP contribution in [-0.2, 0) is 4.79 Å². The highest BCUT2D eigenvalue weighted by molar-refractivity contribution is 5.90. The first kappa shape index (κ1) is 19.1. The van der Waals surface area contributed by atoms with Crippen molar-refractivity contribution in [1.82, 2.24) is 4.98 Å². The summed E-state index contributed by atoms with van der Waals surface area (Å²) in [7, 11) is 0. The Morgan fingerprint density at radius 1 is 1.24 bits per heavy atom. The number of ether oxygens (including phenoxy) is 1. The van der Waals surface area contributed by atoms with Crippen molar-refractivity contribution >= 4 is 22.9 Å². The Kier molecular flexibility index (Phi) is 7.11. The molecule has 1 heterocycles. The van der Waals surface area contributed by atoms with Crippen LogP contribution in [0.15, 0.2) is 24.3 Å². The van der Waals surface area contributed by atoms with E-state index in [9.17, 15) is 9.18 Å². The standard InChI is InChI=1S/C21H26FNO2/c1-4-5-6-7-8-9-10-11-19-15(2)21(25-16(3)24)18-14-17(22)12-13-20(18)23-19/h10-14H,4-9H2,1-3H3/b11-10+. The maximum absolute atomic E-state index is 13.6. The fourth-order valence-corrected chi connectivity index (χ4v) is 2.82. The summed E-state index contributed by atoms with van der Waals surface area (Å²) >= 11 is 0. The molecule has 134 valence electrons. The van der Waals surface area contributed by atoms with E-state index in [1.54, 1.807) is 6.07 Å². The molecule has 1 aromatic heterocycles. The van der Waals surface area contributed by atoms with Gasteiger partial charge in [0.05, 0.1) is 11.2 Å². The molecular weight excluding hydrogens is 317 g/mol. The van der Waals surface area contributed by atoms with Crippen LogP contribution in [0.25, 0.3) is 17.0 Å². The molecule has 3 nitrogen and oxygen atoms in total. The number of hydrogen-bond donors (Lipinski definition) is 0. The van der Waals surface area contributed by atoms with Gasteiger partial charge in [-0.15, -0.1) is 0 Å². The molecule has 0 aliphatic rings. The second-order valence-electron chi connectivity index (χ2n) is 6.31. The fraction of sp³-hybridized carbons (Fsp3) is 0.429. The molecule has 0 N–H and O–H groups in total. The Balaban J connectivity index is 2.23. The first-order chi connectivity index (χ1) is 12.0. The topological polar surface area (TPSA) is 39.2 Å². The quantitative estimate of drug-likeness (QED) is 0.437. The van der Waals surface area contributed by atoms with Gasteiger partial charge in [0.1, 0.15) is 11.6 Å². The Bertz CT molecular complexity index is 768. The summed E-state index contributed by atoms with van der Waals surface area (Å²) in [6.45, 7) is 5.40. The van der Waals surface area contributed by atoms with Gasteiger partial charge in [-0.2, -0.15) is 0 Å². The summed E-state index contributed by atoms with van der Waals surface area (Å²) in [5.74, 6) is -0.414. The second-order valence-corrected chi connectivity index (χ2v) is 6.31. The lowest BCUT2D eigenvalue weighted by Gasteiger charge is -2.12. The third-order valence-electron chi connectivity index (χ3n) is 4.16. The molecule has 4 heteroatoms. The van der Waals surface area contributed by atoms with E-state index in [-0.39, 0.29) is 5.82 Å². The van der Waals surface area contributed by atoms with Gasteiger partial charge in [-0.3, -0.25) is 4.79 Å². The van der Waals surface area contributed by atoms with E-state index in [0.29, 0.717) is 16.7 Å². The van der Waals surface area contributed by atoms with Gasteiger partial charge in [-0.1, -0.05) is 38.7 Å². The highest BCUT2D eigenvalue weighted by Crippen LogP contribution is 2.31. The lowest BCUT2D eigenvalue weighted by Crippen LogP contribution is -2.05. The zero-order valence-electron chi connectivity index (χ0n) is 15.3. The Hall–Kier alpha value is -2.23. The minimum absolute atomic E-state index is 0.377. The number of hydrogen-bond acceptors (Lipinski definition) is 3. The van der Waals surface area contributed by atoms with Crippen LogP contribution < -0.4 is 4.74 Å². The Morgan fingerprint density at radius 3 is 2.72 bits per heavy atom.